The minimum atomic E-state index is -5.15. The van der Waals surface area contributed by atoms with Crippen molar-refractivity contribution in [1.82, 2.24) is 9.80 Å². The first-order valence-corrected chi connectivity index (χ1v) is 11.9. The van der Waals surface area contributed by atoms with Crippen LogP contribution < -0.4 is 4.90 Å². The molecule has 0 saturated carbocycles. The number of halogens is 9. The van der Waals surface area contributed by atoms with Gasteiger partial charge < -0.3 is 19.8 Å². The zero-order chi connectivity index (χ0) is 29.7. The molecule has 2 aliphatic heterocycles. The van der Waals surface area contributed by atoms with E-state index in [1.165, 1.54) is 4.90 Å². The van der Waals surface area contributed by atoms with Gasteiger partial charge in [-0.3, -0.25) is 9.59 Å². The number of β-amino-alcohol motifs (C(OH)–C–C–N with tert-alkyl or cyclic N) is 1. The molecule has 2 aromatic carbocycles. The van der Waals surface area contributed by atoms with Crippen molar-refractivity contribution in [2.45, 2.75) is 43.0 Å². The van der Waals surface area contributed by atoms with Crippen molar-refractivity contribution in [2.24, 2.45) is 0 Å². The number of alkyl halides is 9. The van der Waals surface area contributed by atoms with Gasteiger partial charge in [0.15, 0.2) is 6.10 Å². The van der Waals surface area contributed by atoms with E-state index in [0.717, 1.165) is 9.80 Å². The molecular weight excluding hydrogens is 561 g/mol. The number of amides is 2. The SMILES string of the molecule is O=C(c1cc(C(F)(F)F)cc(C(F)(F)F)c1)N1CCC2(CC1)C(=O)N(C[C@@H](O)C(F)(F)F)CN2c1ccccc1. The van der Waals surface area contributed by atoms with Crippen LogP contribution in [0.15, 0.2) is 48.5 Å². The lowest BCUT2D eigenvalue weighted by Crippen LogP contribution is -2.57. The molecule has 4 rings (SSSR count). The maximum Gasteiger partial charge on any atom is 0.416 e. The van der Waals surface area contributed by atoms with E-state index in [4.69, 9.17) is 0 Å². The molecule has 40 heavy (non-hydrogen) atoms. The van der Waals surface area contributed by atoms with Crippen molar-refractivity contribution in [3.8, 4) is 0 Å². The molecule has 218 valence electrons. The summed E-state index contributed by atoms with van der Waals surface area (Å²) in [5, 5.41) is 9.56. The maximum atomic E-state index is 13.4. The zero-order valence-corrected chi connectivity index (χ0v) is 20.4. The molecule has 2 heterocycles. The number of piperidine rings is 1. The van der Waals surface area contributed by atoms with Crippen LogP contribution in [0.3, 0.4) is 0 Å². The molecule has 1 spiro atoms. The normalized spacial score (nSPS) is 18.9. The molecule has 2 aliphatic rings. The van der Waals surface area contributed by atoms with Gasteiger partial charge in [-0.1, -0.05) is 18.2 Å². The predicted molar refractivity (Wildman–Crippen MR) is 122 cm³/mol. The lowest BCUT2D eigenvalue weighted by atomic mass is 9.85. The summed E-state index contributed by atoms with van der Waals surface area (Å²) >= 11 is 0. The molecular formula is C25H22F9N3O3. The first-order chi connectivity index (χ1) is 18.4. The molecule has 2 aromatic rings. The number of benzene rings is 2. The molecule has 6 nitrogen and oxygen atoms in total. The third kappa shape index (κ3) is 5.69. The van der Waals surface area contributed by atoms with Crippen LogP contribution in [0.1, 0.15) is 34.3 Å². The highest BCUT2D eigenvalue weighted by Crippen LogP contribution is 2.41. The Morgan fingerprint density at radius 3 is 1.88 bits per heavy atom. The zero-order valence-electron chi connectivity index (χ0n) is 20.4. The standard InChI is InChI=1S/C25H22F9N3O3/c26-23(27,28)16-10-15(11-17(12-16)24(29,30)31)20(39)35-8-6-22(7-9-35)21(40)36(13-19(38)25(32,33)34)14-37(22)18-4-2-1-3-5-18/h1-5,10-12,19,38H,6-9,13-14H2/t19-/m1/s1. The Morgan fingerprint density at radius 2 is 1.40 bits per heavy atom. The van der Waals surface area contributed by atoms with Gasteiger partial charge in [0.1, 0.15) is 5.54 Å². The minimum Gasteiger partial charge on any atom is -0.382 e. The first kappa shape index (κ1) is 29.5. The van der Waals surface area contributed by atoms with Gasteiger partial charge in [0, 0.05) is 24.3 Å². The van der Waals surface area contributed by atoms with Crippen molar-refractivity contribution < 1.29 is 54.2 Å². The number of anilines is 1. The topological polar surface area (TPSA) is 64.1 Å². The third-order valence-corrected chi connectivity index (χ3v) is 7.07. The van der Waals surface area contributed by atoms with Crippen LogP contribution in [0, 0.1) is 0 Å². The minimum absolute atomic E-state index is 0.0964. The summed E-state index contributed by atoms with van der Waals surface area (Å²) in [6, 6.07) is 8.69. The maximum absolute atomic E-state index is 13.4. The van der Waals surface area contributed by atoms with Gasteiger partial charge in [-0.15, -0.1) is 0 Å². The van der Waals surface area contributed by atoms with E-state index in [2.05, 4.69) is 0 Å². The van der Waals surface area contributed by atoms with Gasteiger partial charge >= 0.3 is 18.5 Å². The number of aliphatic hydroxyl groups excluding tert-OH is 1. The van der Waals surface area contributed by atoms with E-state index in [-0.39, 0.29) is 38.7 Å². The first-order valence-electron chi connectivity index (χ1n) is 11.9. The number of nitrogens with zero attached hydrogens (tertiary/aromatic N) is 3. The Balaban J connectivity index is 1.61. The number of hydrogen-bond acceptors (Lipinski definition) is 4. The average Bonchev–Trinajstić information content (AvgIpc) is 3.13. The quantitative estimate of drug-likeness (QED) is 0.519. The van der Waals surface area contributed by atoms with Gasteiger partial charge in [-0.2, -0.15) is 39.5 Å². The van der Waals surface area contributed by atoms with Crippen LogP contribution >= 0.6 is 0 Å². The third-order valence-electron chi connectivity index (χ3n) is 7.07. The second kappa shape index (κ2) is 10.2. The van der Waals surface area contributed by atoms with Crippen LogP contribution in [0.25, 0.3) is 0 Å². The molecule has 2 fully saturated rings. The second-order valence-corrected chi connectivity index (χ2v) is 9.61. The van der Waals surface area contributed by atoms with E-state index >= 15 is 0 Å². The summed E-state index contributed by atoms with van der Waals surface area (Å²) in [4.78, 5) is 29.9. The van der Waals surface area contributed by atoms with Crippen LogP contribution in [0.4, 0.5) is 45.2 Å². The monoisotopic (exact) mass is 583 g/mol. The fourth-order valence-electron chi connectivity index (χ4n) is 4.99. The number of para-hydroxylation sites is 1. The Bertz CT molecular complexity index is 1220. The summed E-state index contributed by atoms with van der Waals surface area (Å²) in [6.45, 7) is -1.91. The van der Waals surface area contributed by atoms with Crippen molar-refractivity contribution in [2.75, 3.05) is 31.2 Å². The molecule has 2 saturated heterocycles. The van der Waals surface area contributed by atoms with E-state index in [9.17, 15) is 54.2 Å². The second-order valence-electron chi connectivity index (χ2n) is 9.61. The van der Waals surface area contributed by atoms with E-state index in [0.29, 0.717) is 17.8 Å². The summed E-state index contributed by atoms with van der Waals surface area (Å²) in [5.74, 6) is -1.86. The summed E-state index contributed by atoms with van der Waals surface area (Å²) in [6.07, 6.45) is -18.4. The van der Waals surface area contributed by atoms with Crippen molar-refractivity contribution in [3.63, 3.8) is 0 Å². The van der Waals surface area contributed by atoms with Crippen LogP contribution in [-0.4, -0.2) is 70.8 Å². The Morgan fingerprint density at radius 1 is 0.875 bits per heavy atom. The van der Waals surface area contributed by atoms with E-state index in [1.54, 1.807) is 30.3 Å². The lowest BCUT2D eigenvalue weighted by molar-refractivity contribution is -0.207. The number of likely N-dealkylation sites (tertiary alicyclic amines) is 1. The number of rotatable bonds is 4. The van der Waals surface area contributed by atoms with Crippen LogP contribution in [-0.2, 0) is 17.1 Å². The molecule has 15 heteroatoms. The summed E-state index contributed by atoms with van der Waals surface area (Å²) < 4.78 is 119. The number of carbonyl (C=O) groups excluding carboxylic acids is 2. The smallest absolute Gasteiger partial charge is 0.382 e. The van der Waals surface area contributed by atoms with Gasteiger partial charge in [0.2, 0.25) is 5.91 Å². The largest absolute Gasteiger partial charge is 0.416 e. The highest BCUT2D eigenvalue weighted by Gasteiger charge is 2.55. The molecule has 2 amide bonds. The molecule has 1 N–H and O–H groups in total. The fourth-order valence-corrected chi connectivity index (χ4v) is 4.99. The fraction of sp³-hybridized carbons (Fsp3) is 0.440. The predicted octanol–water partition coefficient (Wildman–Crippen LogP) is 4.93. The summed E-state index contributed by atoms with van der Waals surface area (Å²) in [5.41, 5.74) is -5.13. The summed E-state index contributed by atoms with van der Waals surface area (Å²) in [7, 11) is 0. The highest BCUT2D eigenvalue weighted by atomic mass is 19.4. The van der Waals surface area contributed by atoms with Crippen molar-refractivity contribution >= 4 is 17.5 Å². The molecule has 0 unspecified atom stereocenters. The number of carbonyl (C=O) groups is 2. The van der Waals surface area contributed by atoms with Crippen molar-refractivity contribution in [1.29, 1.82) is 0 Å². The van der Waals surface area contributed by atoms with E-state index in [1.807, 2.05) is 0 Å². The number of hydrogen-bond donors (Lipinski definition) is 1. The Kier molecular flexibility index (Phi) is 7.49. The molecule has 0 aromatic heterocycles. The van der Waals surface area contributed by atoms with Crippen LogP contribution in [0.2, 0.25) is 0 Å². The van der Waals surface area contributed by atoms with Gasteiger partial charge in [-0.05, 0) is 43.2 Å². The molecule has 0 bridgehead atoms. The van der Waals surface area contributed by atoms with Gasteiger partial charge in [0.05, 0.1) is 24.3 Å². The van der Waals surface area contributed by atoms with Gasteiger partial charge in [-0.25, -0.2) is 0 Å². The molecule has 1 atom stereocenters. The highest BCUT2D eigenvalue weighted by molar-refractivity contribution is 5.96. The average molecular weight is 583 g/mol. The molecule has 0 aliphatic carbocycles. The van der Waals surface area contributed by atoms with Crippen LogP contribution in [0.5, 0.6) is 0 Å². The Labute approximate surface area is 221 Å². The number of aliphatic hydroxyl groups is 1. The molecule has 0 radical (unpaired) electrons. The Hall–Kier alpha value is -3.49. The van der Waals surface area contributed by atoms with E-state index < -0.39 is 65.2 Å². The lowest BCUT2D eigenvalue weighted by Gasteiger charge is -2.43. The van der Waals surface area contributed by atoms with Gasteiger partial charge in [0.25, 0.3) is 5.91 Å². The van der Waals surface area contributed by atoms with Crippen molar-refractivity contribution in [3.05, 3.63) is 65.2 Å².